The summed E-state index contributed by atoms with van der Waals surface area (Å²) in [4.78, 5) is 4.44. The summed E-state index contributed by atoms with van der Waals surface area (Å²) in [6.45, 7) is 2.75. The van der Waals surface area contributed by atoms with Gasteiger partial charge in [0, 0.05) is 25.1 Å². The van der Waals surface area contributed by atoms with E-state index in [1.807, 2.05) is 20.2 Å². The molecule has 2 aromatic heterocycles. The summed E-state index contributed by atoms with van der Waals surface area (Å²) in [5.41, 5.74) is 7.83. The van der Waals surface area contributed by atoms with Gasteiger partial charge in [-0.3, -0.25) is 4.40 Å². The van der Waals surface area contributed by atoms with Gasteiger partial charge in [0.05, 0.1) is 5.69 Å². The number of aromatic nitrogens is 3. The first-order valence-electron chi connectivity index (χ1n) is 4.92. The van der Waals surface area contributed by atoms with E-state index < -0.39 is 0 Å². The third-order valence-corrected chi connectivity index (χ3v) is 2.49. The molecule has 76 valence electrons. The Morgan fingerprint density at radius 1 is 1.43 bits per heavy atom. The van der Waals surface area contributed by atoms with Gasteiger partial charge in [0.2, 0.25) is 5.78 Å². The number of fused-ring (bicyclic) bond motifs is 1. The van der Waals surface area contributed by atoms with Crippen LogP contribution in [0.3, 0.4) is 0 Å². The van der Waals surface area contributed by atoms with E-state index in [0.29, 0.717) is 0 Å². The van der Waals surface area contributed by atoms with E-state index in [-0.39, 0.29) is 0 Å². The van der Waals surface area contributed by atoms with E-state index >= 15 is 0 Å². The monoisotopic (exact) mass is 192 g/mol. The number of rotatable bonds is 3. The van der Waals surface area contributed by atoms with E-state index in [1.54, 1.807) is 0 Å². The number of hydrogen-bond acceptors (Lipinski definition) is 2. The normalized spacial score (nSPS) is 11.4. The van der Waals surface area contributed by atoms with Crippen molar-refractivity contribution in [2.75, 3.05) is 6.54 Å². The largest absolute Gasteiger partial charge is 0.330 e. The van der Waals surface area contributed by atoms with E-state index in [1.165, 1.54) is 5.69 Å². The van der Waals surface area contributed by atoms with Crippen LogP contribution in [-0.4, -0.2) is 20.5 Å². The summed E-state index contributed by atoms with van der Waals surface area (Å²) < 4.78 is 4.20. The Morgan fingerprint density at radius 2 is 2.21 bits per heavy atom. The zero-order valence-corrected chi connectivity index (χ0v) is 8.70. The van der Waals surface area contributed by atoms with Crippen molar-refractivity contribution in [1.82, 2.24) is 14.0 Å². The van der Waals surface area contributed by atoms with Gasteiger partial charge in [-0.1, -0.05) is 0 Å². The second-order valence-corrected chi connectivity index (χ2v) is 3.66. The number of nitrogens with two attached hydrogens (primary N) is 1. The molecule has 0 unspecified atom stereocenters. The SMILES string of the molecule is Cc1cn2cc(CCCN)n(C)c2n1. The number of aryl methyl sites for hydroxylation is 3. The van der Waals surface area contributed by atoms with Crippen LogP contribution in [0, 0.1) is 6.92 Å². The fourth-order valence-electron chi connectivity index (χ4n) is 1.74. The average Bonchev–Trinajstić information content (AvgIpc) is 2.63. The van der Waals surface area contributed by atoms with Gasteiger partial charge in [0.1, 0.15) is 0 Å². The summed E-state index contributed by atoms with van der Waals surface area (Å²) in [5.74, 6) is 1.01. The molecule has 2 rings (SSSR count). The van der Waals surface area contributed by atoms with Gasteiger partial charge in [0.15, 0.2) is 0 Å². The van der Waals surface area contributed by atoms with Crippen LogP contribution in [0.25, 0.3) is 5.78 Å². The maximum Gasteiger partial charge on any atom is 0.214 e. The van der Waals surface area contributed by atoms with Crippen LogP contribution in [0.2, 0.25) is 0 Å². The second-order valence-electron chi connectivity index (χ2n) is 3.66. The first kappa shape index (κ1) is 9.27. The fourth-order valence-corrected chi connectivity index (χ4v) is 1.74. The second kappa shape index (κ2) is 3.46. The highest BCUT2D eigenvalue weighted by Crippen LogP contribution is 2.11. The standard InChI is InChI=1S/C10H16N4/c1-8-6-14-7-9(4-3-5-11)13(2)10(14)12-8/h6-7H,3-5,11H2,1-2H3. The van der Waals surface area contributed by atoms with E-state index in [2.05, 4.69) is 20.1 Å². The van der Waals surface area contributed by atoms with E-state index in [0.717, 1.165) is 30.9 Å². The first-order valence-corrected chi connectivity index (χ1v) is 4.92. The highest BCUT2D eigenvalue weighted by Gasteiger charge is 2.06. The zero-order valence-electron chi connectivity index (χ0n) is 8.70. The topological polar surface area (TPSA) is 48.2 Å². The molecule has 0 aliphatic rings. The first-order chi connectivity index (χ1) is 6.72. The molecule has 0 saturated heterocycles. The Labute approximate surface area is 83.4 Å². The Bertz CT molecular complexity index is 438. The van der Waals surface area contributed by atoms with Crippen molar-refractivity contribution >= 4 is 5.78 Å². The van der Waals surface area contributed by atoms with Crippen molar-refractivity contribution in [3.05, 3.63) is 23.8 Å². The third kappa shape index (κ3) is 1.42. The molecule has 0 amide bonds. The smallest absolute Gasteiger partial charge is 0.214 e. The molecular weight excluding hydrogens is 176 g/mol. The summed E-state index contributed by atoms with van der Waals surface area (Å²) in [6, 6.07) is 0. The highest BCUT2D eigenvalue weighted by atomic mass is 15.2. The fraction of sp³-hybridized carbons (Fsp3) is 0.500. The molecule has 0 saturated carbocycles. The number of imidazole rings is 2. The van der Waals surface area contributed by atoms with Crippen LogP contribution in [0.5, 0.6) is 0 Å². The lowest BCUT2D eigenvalue weighted by Gasteiger charge is -1.99. The van der Waals surface area contributed by atoms with Gasteiger partial charge in [-0.25, -0.2) is 4.98 Å². The minimum absolute atomic E-state index is 0.743. The molecule has 0 aromatic carbocycles. The predicted octanol–water partition coefficient (Wildman–Crippen LogP) is 0.873. The van der Waals surface area contributed by atoms with Crippen molar-refractivity contribution in [3.63, 3.8) is 0 Å². The van der Waals surface area contributed by atoms with Gasteiger partial charge in [-0.05, 0) is 26.3 Å². The lowest BCUT2D eigenvalue weighted by molar-refractivity contribution is 0.762. The molecule has 2 heterocycles. The van der Waals surface area contributed by atoms with Gasteiger partial charge in [0.25, 0.3) is 0 Å². The molecule has 2 N–H and O–H groups in total. The van der Waals surface area contributed by atoms with Crippen LogP contribution in [0.1, 0.15) is 17.8 Å². The van der Waals surface area contributed by atoms with Gasteiger partial charge < -0.3 is 10.3 Å². The summed E-state index contributed by atoms with van der Waals surface area (Å²) in [5, 5.41) is 0. The third-order valence-electron chi connectivity index (χ3n) is 2.49. The van der Waals surface area contributed by atoms with Gasteiger partial charge in [-0.15, -0.1) is 0 Å². The Kier molecular flexibility index (Phi) is 2.29. The average molecular weight is 192 g/mol. The molecule has 4 heteroatoms. The summed E-state index contributed by atoms with van der Waals surface area (Å²) in [6.07, 6.45) is 6.22. The number of hydrogen-bond donors (Lipinski definition) is 1. The Hall–Kier alpha value is -1.29. The molecule has 2 aromatic rings. The molecule has 0 bridgehead atoms. The zero-order chi connectivity index (χ0) is 10.1. The molecule has 0 aliphatic heterocycles. The molecular formula is C10H16N4. The van der Waals surface area contributed by atoms with Gasteiger partial charge in [-0.2, -0.15) is 0 Å². The van der Waals surface area contributed by atoms with Crippen molar-refractivity contribution < 1.29 is 0 Å². The van der Waals surface area contributed by atoms with E-state index in [4.69, 9.17) is 5.73 Å². The highest BCUT2D eigenvalue weighted by molar-refractivity contribution is 5.35. The minimum Gasteiger partial charge on any atom is -0.330 e. The number of nitrogens with zero attached hydrogens (tertiary/aromatic N) is 3. The van der Waals surface area contributed by atoms with E-state index in [9.17, 15) is 0 Å². The predicted molar refractivity (Wildman–Crippen MR) is 56.3 cm³/mol. The maximum atomic E-state index is 5.49. The van der Waals surface area contributed by atoms with Gasteiger partial charge >= 0.3 is 0 Å². The van der Waals surface area contributed by atoms with Crippen molar-refractivity contribution in [3.8, 4) is 0 Å². The molecule has 0 spiro atoms. The Balaban J connectivity index is 2.37. The van der Waals surface area contributed by atoms with Crippen molar-refractivity contribution in [2.24, 2.45) is 12.8 Å². The lowest BCUT2D eigenvalue weighted by atomic mass is 10.2. The quantitative estimate of drug-likeness (QED) is 0.784. The van der Waals surface area contributed by atoms with Crippen LogP contribution in [0.4, 0.5) is 0 Å². The maximum absolute atomic E-state index is 5.49. The summed E-state index contributed by atoms with van der Waals surface area (Å²) >= 11 is 0. The minimum atomic E-state index is 0.743. The molecule has 0 aliphatic carbocycles. The van der Waals surface area contributed by atoms with Crippen molar-refractivity contribution in [2.45, 2.75) is 19.8 Å². The van der Waals surface area contributed by atoms with Crippen LogP contribution in [-0.2, 0) is 13.5 Å². The Morgan fingerprint density at radius 3 is 2.86 bits per heavy atom. The lowest BCUT2D eigenvalue weighted by Crippen LogP contribution is -2.03. The molecule has 0 atom stereocenters. The molecule has 4 nitrogen and oxygen atoms in total. The van der Waals surface area contributed by atoms with Crippen molar-refractivity contribution in [1.29, 1.82) is 0 Å². The summed E-state index contributed by atoms with van der Waals surface area (Å²) in [7, 11) is 2.05. The van der Waals surface area contributed by atoms with Crippen LogP contribution < -0.4 is 5.73 Å². The molecule has 0 fully saturated rings. The molecule has 14 heavy (non-hydrogen) atoms. The molecule has 0 radical (unpaired) electrons. The van der Waals surface area contributed by atoms with Crippen LogP contribution >= 0.6 is 0 Å². The van der Waals surface area contributed by atoms with Crippen LogP contribution in [0.15, 0.2) is 12.4 Å².